The Bertz CT molecular complexity index is 724. The molecule has 1 N–H and O–H groups in total. The number of halogens is 3. The van der Waals surface area contributed by atoms with E-state index >= 15 is 0 Å². The van der Waals surface area contributed by atoms with Gasteiger partial charge in [0.1, 0.15) is 5.52 Å². The molecule has 1 aromatic heterocycles. The summed E-state index contributed by atoms with van der Waals surface area (Å²) in [4.78, 5) is 16.5. The smallest absolute Gasteiger partial charge is 0.392 e. The first-order chi connectivity index (χ1) is 10.8. The molecule has 1 aromatic carbocycles. The number of rotatable bonds is 2. The lowest BCUT2D eigenvalue weighted by Crippen LogP contribution is -2.39. The van der Waals surface area contributed by atoms with Crippen molar-refractivity contribution >= 4 is 22.7 Å². The third kappa shape index (κ3) is 3.33. The quantitative estimate of drug-likeness (QED) is 0.887. The molecule has 23 heavy (non-hydrogen) atoms. The van der Waals surface area contributed by atoms with Gasteiger partial charge < -0.3 is 9.73 Å². The summed E-state index contributed by atoms with van der Waals surface area (Å²) in [5.41, 5.74) is 1.57. The molecule has 2 aromatic rings. The van der Waals surface area contributed by atoms with Crippen LogP contribution in [-0.4, -0.2) is 17.1 Å². The first-order valence-electron chi connectivity index (χ1n) is 7.59. The van der Waals surface area contributed by atoms with Crippen LogP contribution < -0.4 is 5.32 Å². The largest absolute Gasteiger partial charge is 0.441 e. The number of carbonyl (C=O) groups excluding carboxylic acids is 1. The van der Waals surface area contributed by atoms with Gasteiger partial charge >= 0.3 is 6.18 Å². The van der Waals surface area contributed by atoms with Gasteiger partial charge in [0.2, 0.25) is 5.91 Å². The first kappa shape index (κ1) is 15.8. The van der Waals surface area contributed by atoms with Crippen molar-refractivity contribution in [1.82, 2.24) is 4.98 Å². The summed E-state index contributed by atoms with van der Waals surface area (Å²) < 4.78 is 44.6. The number of alkyl halides is 3. The summed E-state index contributed by atoms with van der Waals surface area (Å²) in [6, 6.07) is 4.86. The molecule has 3 rings (SSSR count). The fourth-order valence-electron chi connectivity index (χ4n) is 3.19. The maximum Gasteiger partial charge on any atom is 0.392 e. The van der Waals surface area contributed by atoms with Gasteiger partial charge in [-0.25, -0.2) is 4.98 Å². The van der Waals surface area contributed by atoms with Crippen LogP contribution in [0.1, 0.15) is 31.6 Å². The lowest BCUT2D eigenvalue weighted by Gasteiger charge is -2.31. The Labute approximate surface area is 131 Å². The number of anilines is 1. The van der Waals surface area contributed by atoms with E-state index in [2.05, 4.69) is 10.3 Å². The molecule has 1 aliphatic carbocycles. The van der Waals surface area contributed by atoms with E-state index in [-0.39, 0.29) is 12.8 Å². The van der Waals surface area contributed by atoms with Crippen LogP contribution in [0.2, 0.25) is 0 Å². The summed E-state index contributed by atoms with van der Waals surface area (Å²) in [5.74, 6) is -2.67. The third-order valence-electron chi connectivity index (χ3n) is 4.29. The minimum absolute atomic E-state index is 0.0170. The van der Waals surface area contributed by atoms with Crippen LogP contribution in [0.15, 0.2) is 22.6 Å². The number of nitrogens with zero attached hydrogens (tertiary/aromatic N) is 1. The van der Waals surface area contributed by atoms with Crippen LogP contribution in [0.25, 0.3) is 11.1 Å². The van der Waals surface area contributed by atoms with E-state index < -0.39 is 23.9 Å². The predicted molar refractivity (Wildman–Crippen MR) is 78.9 cm³/mol. The molecule has 1 amide bonds. The molecular formula is C16H17F3N2O2. The van der Waals surface area contributed by atoms with Crippen LogP contribution >= 0.6 is 0 Å². The van der Waals surface area contributed by atoms with E-state index in [9.17, 15) is 18.0 Å². The second-order valence-electron chi connectivity index (χ2n) is 5.94. The van der Waals surface area contributed by atoms with Gasteiger partial charge in [-0.15, -0.1) is 0 Å². The van der Waals surface area contributed by atoms with Gasteiger partial charge in [-0.3, -0.25) is 4.79 Å². The topological polar surface area (TPSA) is 55.1 Å². The minimum atomic E-state index is -4.34. The number of nitrogens with one attached hydrogen (secondary N) is 1. The summed E-state index contributed by atoms with van der Waals surface area (Å²) in [6.45, 7) is 1.70. The summed E-state index contributed by atoms with van der Waals surface area (Å²) in [5, 5.41) is 2.59. The SMILES string of the molecule is Cc1nc2cc(NC(=O)[C@H]3CCCC[C@H]3C(F)(F)F)ccc2o1. The lowest BCUT2D eigenvalue weighted by atomic mass is 9.78. The Morgan fingerprint density at radius 2 is 2.04 bits per heavy atom. The standard InChI is InChI=1S/C16H17F3N2O2/c1-9-20-13-8-10(6-7-14(13)23-9)21-15(22)11-4-2-3-5-12(11)16(17,18)19/h6-8,11-12H,2-5H2,1H3,(H,21,22)/t11-,12+/m0/s1. The Morgan fingerprint density at radius 3 is 2.78 bits per heavy atom. The van der Waals surface area contributed by atoms with Gasteiger partial charge in [0.25, 0.3) is 0 Å². The van der Waals surface area contributed by atoms with E-state index in [0.717, 1.165) is 0 Å². The van der Waals surface area contributed by atoms with Gasteiger partial charge in [-0.2, -0.15) is 13.2 Å². The van der Waals surface area contributed by atoms with E-state index in [1.165, 1.54) is 0 Å². The molecule has 0 radical (unpaired) electrons. The van der Waals surface area contributed by atoms with Gasteiger partial charge in [0.05, 0.1) is 5.92 Å². The van der Waals surface area contributed by atoms with Gasteiger partial charge in [0, 0.05) is 18.5 Å². The number of hydrogen-bond acceptors (Lipinski definition) is 3. The highest BCUT2D eigenvalue weighted by atomic mass is 19.4. The van der Waals surface area contributed by atoms with E-state index in [1.54, 1.807) is 25.1 Å². The van der Waals surface area contributed by atoms with Crippen LogP contribution in [0.4, 0.5) is 18.9 Å². The zero-order valence-electron chi connectivity index (χ0n) is 12.6. The number of amides is 1. The van der Waals surface area contributed by atoms with Gasteiger partial charge in [-0.05, 0) is 31.0 Å². The van der Waals surface area contributed by atoms with Crippen molar-refractivity contribution in [2.24, 2.45) is 11.8 Å². The molecule has 7 heteroatoms. The van der Waals surface area contributed by atoms with Crippen molar-refractivity contribution in [1.29, 1.82) is 0 Å². The van der Waals surface area contributed by atoms with E-state index in [0.29, 0.717) is 35.5 Å². The van der Waals surface area contributed by atoms with Crippen molar-refractivity contribution in [3.63, 3.8) is 0 Å². The van der Waals surface area contributed by atoms with Crippen molar-refractivity contribution in [3.05, 3.63) is 24.1 Å². The zero-order chi connectivity index (χ0) is 16.6. The fourth-order valence-corrected chi connectivity index (χ4v) is 3.19. The minimum Gasteiger partial charge on any atom is -0.441 e. The van der Waals surface area contributed by atoms with Crippen LogP contribution in [-0.2, 0) is 4.79 Å². The van der Waals surface area contributed by atoms with Crippen LogP contribution in [0.3, 0.4) is 0 Å². The molecule has 4 nitrogen and oxygen atoms in total. The highest BCUT2D eigenvalue weighted by molar-refractivity contribution is 5.94. The molecule has 2 atom stereocenters. The Kier molecular flexibility index (Phi) is 4.04. The normalized spacial score (nSPS) is 22.3. The number of aryl methyl sites for hydroxylation is 1. The van der Waals surface area contributed by atoms with E-state index in [4.69, 9.17) is 4.42 Å². The van der Waals surface area contributed by atoms with Crippen molar-refractivity contribution in [2.45, 2.75) is 38.8 Å². The fraction of sp³-hybridized carbons (Fsp3) is 0.500. The lowest BCUT2D eigenvalue weighted by molar-refractivity contribution is -0.197. The number of aromatic nitrogens is 1. The van der Waals surface area contributed by atoms with Crippen LogP contribution in [0.5, 0.6) is 0 Å². The second-order valence-corrected chi connectivity index (χ2v) is 5.94. The number of carbonyl (C=O) groups is 1. The molecule has 0 saturated heterocycles. The Morgan fingerprint density at radius 1 is 1.30 bits per heavy atom. The van der Waals surface area contributed by atoms with Crippen molar-refractivity contribution < 1.29 is 22.4 Å². The maximum atomic E-state index is 13.1. The second kappa shape index (κ2) is 5.86. The first-order valence-corrected chi connectivity index (χ1v) is 7.59. The highest BCUT2D eigenvalue weighted by Gasteiger charge is 2.48. The predicted octanol–water partition coefficient (Wildman–Crippen LogP) is 4.44. The molecule has 0 unspecified atom stereocenters. The van der Waals surface area contributed by atoms with Crippen LogP contribution in [0, 0.1) is 18.8 Å². The molecule has 0 aliphatic heterocycles. The molecule has 1 fully saturated rings. The highest BCUT2D eigenvalue weighted by Crippen LogP contribution is 2.41. The van der Waals surface area contributed by atoms with Crippen molar-refractivity contribution in [3.8, 4) is 0 Å². The molecule has 1 aliphatic rings. The summed E-state index contributed by atoms with van der Waals surface area (Å²) in [7, 11) is 0. The van der Waals surface area contributed by atoms with Gasteiger partial charge in [-0.1, -0.05) is 12.8 Å². The average Bonchev–Trinajstić information content (AvgIpc) is 2.85. The number of fused-ring (bicyclic) bond motifs is 1. The summed E-state index contributed by atoms with van der Waals surface area (Å²) in [6.07, 6.45) is -2.90. The molecular weight excluding hydrogens is 309 g/mol. The molecule has 1 saturated carbocycles. The molecule has 0 bridgehead atoms. The zero-order valence-corrected chi connectivity index (χ0v) is 12.6. The number of hydrogen-bond donors (Lipinski definition) is 1. The maximum absolute atomic E-state index is 13.1. The molecule has 1 heterocycles. The third-order valence-corrected chi connectivity index (χ3v) is 4.29. The Balaban J connectivity index is 1.78. The van der Waals surface area contributed by atoms with E-state index in [1.807, 2.05) is 0 Å². The summed E-state index contributed by atoms with van der Waals surface area (Å²) >= 11 is 0. The average molecular weight is 326 g/mol. The Hall–Kier alpha value is -2.05. The molecule has 124 valence electrons. The monoisotopic (exact) mass is 326 g/mol. The number of oxazole rings is 1. The number of benzene rings is 1. The molecule has 0 spiro atoms. The van der Waals surface area contributed by atoms with Crippen molar-refractivity contribution in [2.75, 3.05) is 5.32 Å². The van der Waals surface area contributed by atoms with Gasteiger partial charge in [0.15, 0.2) is 11.5 Å².